The number of aryl methyl sites for hydroxylation is 1. The maximum absolute atomic E-state index is 13.1. The quantitative estimate of drug-likeness (QED) is 0.893. The molecule has 0 aliphatic heterocycles. The number of nitrogens with one attached hydrogen (secondary N) is 1. The maximum Gasteiger partial charge on any atom is 0.258 e. The molecule has 110 valence electrons. The van der Waals surface area contributed by atoms with E-state index in [0.717, 1.165) is 10.0 Å². The second-order valence-electron chi connectivity index (χ2n) is 4.61. The van der Waals surface area contributed by atoms with E-state index in [9.17, 15) is 9.18 Å². The van der Waals surface area contributed by atoms with E-state index >= 15 is 0 Å². The molecule has 0 bridgehead atoms. The Bertz CT molecular complexity index is 646. The fraction of sp³-hybridized carbons (Fsp3) is 0.188. The number of rotatable bonds is 5. The molecule has 2 aromatic carbocycles. The van der Waals surface area contributed by atoms with Crippen molar-refractivity contribution in [3.8, 4) is 5.75 Å². The minimum atomic E-state index is -0.247. The van der Waals surface area contributed by atoms with Crippen LogP contribution in [-0.2, 0) is 11.3 Å². The molecule has 1 amide bonds. The van der Waals surface area contributed by atoms with Crippen LogP contribution in [0.5, 0.6) is 5.75 Å². The molecule has 0 aliphatic carbocycles. The molecule has 0 atom stereocenters. The first-order chi connectivity index (χ1) is 10.0. The number of hydrogen-bond donors (Lipinski definition) is 1. The number of amides is 1. The summed E-state index contributed by atoms with van der Waals surface area (Å²) >= 11 is 3.33. The van der Waals surface area contributed by atoms with E-state index < -0.39 is 0 Å². The Labute approximate surface area is 131 Å². The topological polar surface area (TPSA) is 38.3 Å². The van der Waals surface area contributed by atoms with Crippen LogP contribution in [0, 0.1) is 12.7 Å². The smallest absolute Gasteiger partial charge is 0.258 e. The van der Waals surface area contributed by atoms with E-state index in [4.69, 9.17) is 4.74 Å². The van der Waals surface area contributed by atoms with E-state index in [0.29, 0.717) is 17.9 Å². The lowest BCUT2D eigenvalue weighted by Gasteiger charge is -2.08. The minimum Gasteiger partial charge on any atom is -0.484 e. The van der Waals surface area contributed by atoms with Gasteiger partial charge in [-0.15, -0.1) is 0 Å². The van der Waals surface area contributed by atoms with Gasteiger partial charge in [0.1, 0.15) is 11.6 Å². The van der Waals surface area contributed by atoms with Crippen molar-refractivity contribution < 1.29 is 13.9 Å². The molecule has 0 spiro atoms. The summed E-state index contributed by atoms with van der Waals surface area (Å²) < 4.78 is 19.4. The van der Waals surface area contributed by atoms with Gasteiger partial charge in [0.25, 0.3) is 5.91 Å². The fourth-order valence-corrected chi connectivity index (χ4v) is 2.15. The molecule has 0 unspecified atom stereocenters. The van der Waals surface area contributed by atoms with Crippen LogP contribution in [0.4, 0.5) is 4.39 Å². The zero-order valence-corrected chi connectivity index (χ0v) is 13.1. The van der Waals surface area contributed by atoms with Crippen molar-refractivity contribution in [2.24, 2.45) is 0 Å². The number of carbonyl (C=O) groups is 1. The summed E-state index contributed by atoms with van der Waals surface area (Å²) in [6.45, 7) is 1.98. The summed E-state index contributed by atoms with van der Waals surface area (Å²) in [6, 6.07) is 12.0. The molecule has 0 aliphatic rings. The molecule has 2 aromatic rings. The molecule has 2 rings (SSSR count). The number of ether oxygens (including phenoxy) is 1. The van der Waals surface area contributed by atoms with Crippen molar-refractivity contribution in [1.82, 2.24) is 5.32 Å². The maximum atomic E-state index is 13.1. The third-order valence-corrected chi connectivity index (χ3v) is 3.37. The summed E-state index contributed by atoms with van der Waals surface area (Å²) in [4.78, 5) is 11.7. The normalized spacial score (nSPS) is 10.2. The Morgan fingerprint density at radius 2 is 2.10 bits per heavy atom. The van der Waals surface area contributed by atoms with Crippen LogP contribution >= 0.6 is 15.9 Å². The monoisotopic (exact) mass is 351 g/mol. The molecule has 0 aromatic heterocycles. The molecule has 0 fully saturated rings. The fourth-order valence-electron chi connectivity index (χ4n) is 1.77. The summed E-state index contributed by atoms with van der Waals surface area (Å²) in [5.74, 6) is 0.150. The van der Waals surface area contributed by atoms with Gasteiger partial charge in [0.2, 0.25) is 0 Å². The standard InChI is InChI=1S/C16H15BrFNO2/c1-11-7-12(5-6-15(11)18)9-19-16(20)10-21-14-4-2-3-13(17)8-14/h2-8H,9-10H2,1H3,(H,19,20). The molecule has 1 N–H and O–H groups in total. The highest BCUT2D eigenvalue weighted by Crippen LogP contribution is 2.17. The zero-order chi connectivity index (χ0) is 15.2. The van der Waals surface area contributed by atoms with Crippen molar-refractivity contribution in [1.29, 1.82) is 0 Å². The zero-order valence-electron chi connectivity index (χ0n) is 11.5. The first-order valence-electron chi connectivity index (χ1n) is 6.44. The summed E-state index contributed by atoms with van der Waals surface area (Å²) in [6.07, 6.45) is 0. The largest absolute Gasteiger partial charge is 0.484 e. The second kappa shape index (κ2) is 7.22. The number of hydrogen-bond acceptors (Lipinski definition) is 2. The van der Waals surface area contributed by atoms with E-state index in [1.807, 2.05) is 12.1 Å². The Morgan fingerprint density at radius 3 is 2.81 bits per heavy atom. The van der Waals surface area contributed by atoms with Crippen LogP contribution < -0.4 is 10.1 Å². The molecule has 5 heteroatoms. The van der Waals surface area contributed by atoms with E-state index in [-0.39, 0.29) is 18.3 Å². The van der Waals surface area contributed by atoms with Crippen molar-refractivity contribution >= 4 is 21.8 Å². The highest BCUT2D eigenvalue weighted by molar-refractivity contribution is 9.10. The predicted octanol–water partition coefficient (Wildman–Crippen LogP) is 3.59. The predicted molar refractivity (Wildman–Crippen MR) is 82.6 cm³/mol. The Hall–Kier alpha value is -1.88. The van der Waals surface area contributed by atoms with Crippen LogP contribution in [0.1, 0.15) is 11.1 Å². The van der Waals surface area contributed by atoms with Crippen LogP contribution in [0.15, 0.2) is 46.9 Å². The van der Waals surface area contributed by atoms with Crippen LogP contribution in [0.3, 0.4) is 0 Å². The van der Waals surface area contributed by atoms with Gasteiger partial charge >= 0.3 is 0 Å². The molecule has 0 heterocycles. The van der Waals surface area contributed by atoms with Crippen LogP contribution in [-0.4, -0.2) is 12.5 Å². The van der Waals surface area contributed by atoms with Crippen molar-refractivity contribution in [2.45, 2.75) is 13.5 Å². The number of halogens is 2. The summed E-state index contributed by atoms with van der Waals surface area (Å²) in [7, 11) is 0. The van der Waals surface area contributed by atoms with Crippen molar-refractivity contribution in [2.75, 3.05) is 6.61 Å². The van der Waals surface area contributed by atoms with Gasteiger partial charge in [-0.1, -0.05) is 34.1 Å². The molecule has 0 radical (unpaired) electrons. The number of benzene rings is 2. The average molecular weight is 352 g/mol. The highest BCUT2D eigenvalue weighted by atomic mass is 79.9. The van der Waals surface area contributed by atoms with Crippen LogP contribution in [0.2, 0.25) is 0 Å². The van der Waals surface area contributed by atoms with Gasteiger partial charge in [0.05, 0.1) is 0 Å². The Morgan fingerprint density at radius 1 is 1.29 bits per heavy atom. The second-order valence-corrected chi connectivity index (χ2v) is 5.52. The lowest BCUT2D eigenvalue weighted by molar-refractivity contribution is -0.123. The third-order valence-electron chi connectivity index (χ3n) is 2.88. The summed E-state index contributed by atoms with van der Waals surface area (Å²) in [5, 5.41) is 2.73. The Kier molecular flexibility index (Phi) is 5.33. The molecule has 0 saturated heterocycles. The molecule has 3 nitrogen and oxygen atoms in total. The van der Waals surface area contributed by atoms with Crippen LogP contribution in [0.25, 0.3) is 0 Å². The molecule has 0 saturated carbocycles. The van der Waals surface area contributed by atoms with Gasteiger partial charge in [-0.2, -0.15) is 0 Å². The average Bonchev–Trinajstić information content (AvgIpc) is 2.46. The minimum absolute atomic E-state index is 0.0589. The lowest BCUT2D eigenvalue weighted by Crippen LogP contribution is -2.28. The number of carbonyl (C=O) groups excluding carboxylic acids is 1. The van der Waals surface area contributed by atoms with Gasteiger partial charge in [0, 0.05) is 11.0 Å². The molecule has 21 heavy (non-hydrogen) atoms. The van der Waals surface area contributed by atoms with Crippen molar-refractivity contribution in [3.63, 3.8) is 0 Å². The van der Waals surface area contributed by atoms with E-state index in [1.54, 1.807) is 31.2 Å². The van der Waals surface area contributed by atoms with Crippen molar-refractivity contribution in [3.05, 3.63) is 63.9 Å². The molecular weight excluding hydrogens is 337 g/mol. The van der Waals surface area contributed by atoms with E-state index in [1.165, 1.54) is 6.07 Å². The summed E-state index contributed by atoms with van der Waals surface area (Å²) in [5.41, 5.74) is 1.41. The third kappa shape index (κ3) is 4.86. The SMILES string of the molecule is Cc1cc(CNC(=O)COc2cccc(Br)c2)ccc1F. The highest BCUT2D eigenvalue weighted by Gasteiger charge is 2.04. The van der Waals surface area contributed by atoms with Gasteiger partial charge in [-0.05, 0) is 42.3 Å². The first kappa shape index (κ1) is 15.5. The van der Waals surface area contributed by atoms with Gasteiger partial charge in [-0.3, -0.25) is 4.79 Å². The van der Waals surface area contributed by atoms with Gasteiger partial charge < -0.3 is 10.1 Å². The Balaban J connectivity index is 1.80. The van der Waals surface area contributed by atoms with E-state index in [2.05, 4.69) is 21.2 Å². The first-order valence-corrected chi connectivity index (χ1v) is 7.24. The van der Waals surface area contributed by atoms with Gasteiger partial charge in [-0.25, -0.2) is 4.39 Å². The molecular formula is C16H15BrFNO2. The van der Waals surface area contributed by atoms with Gasteiger partial charge in [0.15, 0.2) is 6.61 Å². The lowest BCUT2D eigenvalue weighted by atomic mass is 10.1.